The number of aromatic nitrogens is 1. The number of carboxylic acids is 1. The third-order valence-electron chi connectivity index (χ3n) is 6.00. The molecule has 8 heteroatoms. The Hall–Kier alpha value is -3.78. The molecule has 1 aliphatic rings. The molecule has 0 spiro atoms. The summed E-state index contributed by atoms with van der Waals surface area (Å²) in [6.07, 6.45) is 2.14. The van der Waals surface area contributed by atoms with E-state index in [1.165, 1.54) is 28.4 Å². The first-order valence-electron chi connectivity index (χ1n) is 11.1. The number of benzene rings is 3. The molecule has 1 amide bonds. The van der Waals surface area contributed by atoms with Crippen LogP contribution in [0.3, 0.4) is 0 Å². The molecule has 0 aliphatic carbocycles. The third-order valence-corrected chi connectivity index (χ3v) is 6.93. The van der Waals surface area contributed by atoms with Gasteiger partial charge >= 0.3 is 5.97 Å². The van der Waals surface area contributed by atoms with Crippen LogP contribution in [0.2, 0.25) is 0 Å². The van der Waals surface area contributed by atoms with Crippen LogP contribution in [0.15, 0.2) is 66.7 Å². The van der Waals surface area contributed by atoms with Crippen molar-refractivity contribution < 1.29 is 19.1 Å². The highest BCUT2D eigenvalue weighted by Crippen LogP contribution is 2.30. The highest BCUT2D eigenvalue weighted by Gasteiger charge is 2.32. The molecular weight excluding hydrogens is 453 g/mol. The maximum absolute atomic E-state index is 13.4. The van der Waals surface area contributed by atoms with Crippen LogP contribution in [0.25, 0.3) is 21.3 Å². The van der Waals surface area contributed by atoms with Crippen molar-refractivity contribution in [1.82, 2.24) is 9.88 Å². The van der Waals surface area contributed by atoms with Crippen LogP contribution in [0.5, 0.6) is 0 Å². The van der Waals surface area contributed by atoms with Crippen molar-refractivity contribution in [3.8, 4) is 11.1 Å². The van der Waals surface area contributed by atoms with Crippen LogP contribution < -0.4 is 5.32 Å². The second kappa shape index (κ2) is 9.23. The number of amides is 1. The fraction of sp³-hybridized carbons (Fsp3) is 0.192. The van der Waals surface area contributed by atoms with Crippen LogP contribution in [0.4, 0.5) is 15.2 Å². The summed E-state index contributed by atoms with van der Waals surface area (Å²) in [4.78, 5) is 30.4. The first kappa shape index (κ1) is 22.0. The van der Waals surface area contributed by atoms with Crippen molar-refractivity contribution in [2.24, 2.45) is 0 Å². The van der Waals surface area contributed by atoms with Crippen LogP contribution in [-0.2, 0) is 4.79 Å². The number of anilines is 2. The molecule has 6 nitrogen and oxygen atoms in total. The number of likely N-dealkylation sites (tertiary alicyclic amines) is 1. The molecule has 5 rings (SSSR count). The number of fused-ring (bicyclic) bond motifs is 1. The SMILES string of the molecule is O=C(O)C1CCCCN1C(=O)c1ccc(-c2ccc(Nc3nc4ccc(F)cc4s3)cc2)cc1. The lowest BCUT2D eigenvalue weighted by Gasteiger charge is -2.33. The van der Waals surface area contributed by atoms with Gasteiger partial charge in [0.25, 0.3) is 5.91 Å². The minimum Gasteiger partial charge on any atom is -0.480 e. The molecular formula is C26H22FN3O3S. The number of nitrogens with zero attached hydrogens (tertiary/aromatic N) is 2. The van der Waals surface area contributed by atoms with Gasteiger partial charge in [-0.1, -0.05) is 35.6 Å². The fourth-order valence-electron chi connectivity index (χ4n) is 4.22. The average molecular weight is 476 g/mol. The molecule has 1 atom stereocenters. The number of nitrogens with one attached hydrogen (secondary N) is 1. The first-order chi connectivity index (χ1) is 16.5. The zero-order chi connectivity index (χ0) is 23.7. The number of carboxylic acid groups (broad SMARTS) is 1. The number of hydrogen-bond acceptors (Lipinski definition) is 5. The van der Waals surface area contributed by atoms with Crippen LogP contribution in [0, 0.1) is 5.82 Å². The zero-order valence-corrected chi connectivity index (χ0v) is 19.0. The van der Waals surface area contributed by atoms with Gasteiger partial charge in [0.15, 0.2) is 5.13 Å². The summed E-state index contributed by atoms with van der Waals surface area (Å²) < 4.78 is 14.2. The highest BCUT2D eigenvalue weighted by atomic mass is 32.1. The monoisotopic (exact) mass is 475 g/mol. The number of piperidine rings is 1. The Morgan fingerprint density at radius 1 is 1.00 bits per heavy atom. The highest BCUT2D eigenvalue weighted by molar-refractivity contribution is 7.22. The Labute approximate surface area is 199 Å². The lowest BCUT2D eigenvalue weighted by atomic mass is 9.99. The van der Waals surface area contributed by atoms with Gasteiger partial charge in [-0.15, -0.1) is 0 Å². The molecule has 1 aromatic heterocycles. The quantitative estimate of drug-likeness (QED) is 0.374. The van der Waals surface area contributed by atoms with Crippen molar-refractivity contribution in [3.63, 3.8) is 0 Å². The van der Waals surface area contributed by atoms with E-state index in [2.05, 4.69) is 10.3 Å². The molecule has 0 radical (unpaired) electrons. The van der Waals surface area contributed by atoms with Gasteiger partial charge in [0.2, 0.25) is 0 Å². The summed E-state index contributed by atoms with van der Waals surface area (Å²) in [6, 6.07) is 18.8. The fourth-order valence-corrected chi connectivity index (χ4v) is 5.13. The molecule has 1 unspecified atom stereocenters. The van der Waals surface area contributed by atoms with Gasteiger partial charge in [-0.05, 0) is 72.9 Å². The topological polar surface area (TPSA) is 82.5 Å². The Morgan fingerprint density at radius 3 is 2.41 bits per heavy atom. The molecule has 4 aromatic rings. The van der Waals surface area contributed by atoms with Gasteiger partial charge in [0.05, 0.1) is 10.2 Å². The number of hydrogen-bond donors (Lipinski definition) is 2. The molecule has 0 saturated carbocycles. The second-order valence-corrected chi connectivity index (χ2v) is 9.29. The number of carbonyl (C=O) groups excluding carboxylic acids is 1. The van der Waals surface area contributed by atoms with E-state index in [4.69, 9.17) is 0 Å². The summed E-state index contributed by atoms with van der Waals surface area (Å²) in [7, 11) is 0. The standard InChI is InChI=1S/C26H22FN3O3S/c27-19-10-13-21-23(15-19)34-26(29-21)28-20-11-8-17(9-12-20)16-4-6-18(7-5-16)24(31)30-14-2-1-3-22(30)25(32)33/h4-13,15,22H,1-3,14H2,(H,28,29)(H,32,33). The minimum absolute atomic E-state index is 0.242. The molecule has 0 bridgehead atoms. The zero-order valence-electron chi connectivity index (χ0n) is 18.2. The molecule has 172 valence electrons. The average Bonchev–Trinajstić information content (AvgIpc) is 3.25. The number of rotatable bonds is 5. The van der Waals surface area contributed by atoms with E-state index in [9.17, 15) is 19.1 Å². The van der Waals surface area contributed by atoms with E-state index in [0.717, 1.165) is 39.9 Å². The van der Waals surface area contributed by atoms with E-state index >= 15 is 0 Å². The van der Waals surface area contributed by atoms with Gasteiger partial charge in [-0.2, -0.15) is 0 Å². The van der Waals surface area contributed by atoms with Crippen LogP contribution in [-0.4, -0.2) is 39.5 Å². The lowest BCUT2D eigenvalue weighted by Crippen LogP contribution is -2.47. The maximum Gasteiger partial charge on any atom is 0.326 e. The van der Waals surface area contributed by atoms with Gasteiger partial charge in [0.1, 0.15) is 11.9 Å². The second-order valence-electron chi connectivity index (χ2n) is 8.26. The maximum atomic E-state index is 13.4. The first-order valence-corrected chi connectivity index (χ1v) is 11.9. The molecule has 3 aromatic carbocycles. The number of halogens is 1. The molecule has 2 N–H and O–H groups in total. The Balaban J connectivity index is 1.28. The summed E-state index contributed by atoms with van der Waals surface area (Å²) in [5, 5.41) is 13.4. The van der Waals surface area contributed by atoms with Gasteiger partial charge < -0.3 is 15.3 Å². The van der Waals surface area contributed by atoms with E-state index in [1.54, 1.807) is 18.2 Å². The minimum atomic E-state index is -0.948. The number of carbonyl (C=O) groups is 2. The summed E-state index contributed by atoms with van der Waals surface area (Å²) in [5.41, 5.74) is 4.03. The Bertz CT molecular complexity index is 1350. The lowest BCUT2D eigenvalue weighted by molar-refractivity contribution is -0.143. The Morgan fingerprint density at radius 2 is 1.71 bits per heavy atom. The summed E-state index contributed by atoms with van der Waals surface area (Å²) >= 11 is 1.39. The summed E-state index contributed by atoms with van der Waals surface area (Å²) in [5.74, 6) is -1.47. The molecule has 1 fully saturated rings. The van der Waals surface area contributed by atoms with Gasteiger partial charge in [-0.25, -0.2) is 14.2 Å². The van der Waals surface area contributed by atoms with Crippen molar-refractivity contribution in [2.45, 2.75) is 25.3 Å². The van der Waals surface area contributed by atoms with Crippen molar-refractivity contribution in [3.05, 3.63) is 78.1 Å². The van der Waals surface area contributed by atoms with Gasteiger partial charge in [0, 0.05) is 17.8 Å². The number of aliphatic carboxylic acids is 1. The molecule has 2 heterocycles. The van der Waals surface area contributed by atoms with Gasteiger partial charge in [-0.3, -0.25) is 4.79 Å². The van der Waals surface area contributed by atoms with Crippen molar-refractivity contribution in [1.29, 1.82) is 0 Å². The van der Waals surface area contributed by atoms with E-state index < -0.39 is 12.0 Å². The molecule has 1 saturated heterocycles. The smallest absolute Gasteiger partial charge is 0.326 e. The largest absolute Gasteiger partial charge is 0.480 e. The predicted molar refractivity (Wildman–Crippen MR) is 131 cm³/mol. The van der Waals surface area contributed by atoms with E-state index in [0.29, 0.717) is 23.7 Å². The molecule has 1 aliphatic heterocycles. The summed E-state index contributed by atoms with van der Waals surface area (Å²) in [6.45, 7) is 0.468. The van der Waals surface area contributed by atoms with E-state index in [-0.39, 0.29) is 11.7 Å². The van der Waals surface area contributed by atoms with Crippen molar-refractivity contribution >= 4 is 44.2 Å². The normalized spacial score (nSPS) is 15.9. The predicted octanol–water partition coefficient (Wildman–Crippen LogP) is 5.93. The van der Waals surface area contributed by atoms with Crippen molar-refractivity contribution in [2.75, 3.05) is 11.9 Å². The third kappa shape index (κ3) is 4.49. The van der Waals surface area contributed by atoms with Crippen LogP contribution in [0.1, 0.15) is 29.6 Å². The Kier molecular flexibility index (Phi) is 5.98. The van der Waals surface area contributed by atoms with E-state index in [1.807, 2.05) is 36.4 Å². The molecule has 34 heavy (non-hydrogen) atoms. The number of thiazole rings is 1. The van der Waals surface area contributed by atoms with Crippen LogP contribution >= 0.6 is 11.3 Å².